The highest BCUT2D eigenvalue weighted by molar-refractivity contribution is 9.10. The summed E-state index contributed by atoms with van der Waals surface area (Å²) in [5.41, 5.74) is 3.71. The van der Waals surface area contributed by atoms with Gasteiger partial charge in [0.2, 0.25) is 10.0 Å². The highest BCUT2D eigenvalue weighted by atomic mass is 79.9. The van der Waals surface area contributed by atoms with Crippen molar-refractivity contribution < 1.29 is 22.7 Å². The Morgan fingerprint density at radius 1 is 1.00 bits per heavy atom. The van der Waals surface area contributed by atoms with Crippen molar-refractivity contribution in [1.29, 1.82) is 0 Å². The van der Waals surface area contributed by atoms with Crippen LogP contribution in [0.5, 0.6) is 11.5 Å². The molecule has 0 bridgehead atoms. The van der Waals surface area contributed by atoms with E-state index >= 15 is 0 Å². The number of ether oxygens (including phenoxy) is 2. The molecule has 0 heterocycles. The number of sulfonamides is 1. The average Bonchev–Trinajstić information content (AvgIpc) is 2.85. The van der Waals surface area contributed by atoms with Crippen molar-refractivity contribution in [3.63, 3.8) is 0 Å². The van der Waals surface area contributed by atoms with Crippen molar-refractivity contribution in [3.8, 4) is 11.5 Å². The quantitative estimate of drug-likeness (QED) is 0.308. The number of nitrogens with one attached hydrogen (secondary N) is 1. The number of benzene rings is 3. The third kappa shape index (κ3) is 6.43. The standard InChI is InChI=1S/C24H24BrN3O5S/c1-32-22-10-6-7-19(24(22)33-2)15-26-27-23(29)17-28(16-18-11-13-20(25)14-12-18)34(30,31)21-8-4-3-5-9-21/h3-15H,16-17H2,1-2H3,(H,27,29). The van der Waals surface area contributed by atoms with Crippen LogP contribution in [0.4, 0.5) is 0 Å². The molecular weight excluding hydrogens is 522 g/mol. The lowest BCUT2D eigenvalue weighted by atomic mass is 10.2. The van der Waals surface area contributed by atoms with E-state index in [1.54, 1.807) is 48.5 Å². The number of nitrogens with zero attached hydrogens (tertiary/aromatic N) is 2. The largest absolute Gasteiger partial charge is 0.493 e. The zero-order chi connectivity index (χ0) is 24.6. The summed E-state index contributed by atoms with van der Waals surface area (Å²) in [5, 5.41) is 3.96. The van der Waals surface area contributed by atoms with Gasteiger partial charge in [-0.2, -0.15) is 9.41 Å². The molecule has 10 heteroatoms. The van der Waals surface area contributed by atoms with E-state index in [1.165, 1.54) is 32.6 Å². The monoisotopic (exact) mass is 545 g/mol. The van der Waals surface area contributed by atoms with Gasteiger partial charge < -0.3 is 9.47 Å². The molecule has 1 amide bonds. The van der Waals surface area contributed by atoms with Crippen molar-refractivity contribution >= 4 is 38.1 Å². The zero-order valence-corrected chi connectivity index (χ0v) is 21.0. The van der Waals surface area contributed by atoms with Crippen LogP contribution in [-0.2, 0) is 21.4 Å². The summed E-state index contributed by atoms with van der Waals surface area (Å²) in [5.74, 6) is 0.397. The van der Waals surface area contributed by atoms with Crippen molar-refractivity contribution in [2.75, 3.05) is 20.8 Å². The van der Waals surface area contributed by atoms with Crippen LogP contribution in [-0.4, -0.2) is 45.6 Å². The predicted molar refractivity (Wildman–Crippen MR) is 133 cm³/mol. The molecule has 178 valence electrons. The summed E-state index contributed by atoms with van der Waals surface area (Å²) in [6.45, 7) is -0.398. The first-order valence-corrected chi connectivity index (χ1v) is 12.4. The molecular formula is C24H24BrN3O5S. The number of hydrogen-bond acceptors (Lipinski definition) is 6. The van der Waals surface area contributed by atoms with Gasteiger partial charge in [-0.15, -0.1) is 0 Å². The molecule has 0 atom stereocenters. The third-order valence-electron chi connectivity index (χ3n) is 4.80. The minimum absolute atomic E-state index is 0.0192. The number of hydrogen-bond donors (Lipinski definition) is 1. The second-order valence-electron chi connectivity index (χ2n) is 7.09. The van der Waals surface area contributed by atoms with Crippen LogP contribution in [0.25, 0.3) is 0 Å². The molecule has 34 heavy (non-hydrogen) atoms. The number of carbonyl (C=O) groups excluding carboxylic acids is 1. The maximum Gasteiger partial charge on any atom is 0.255 e. The highest BCUT2D eigenvalue weighted by Crippen LogP contribution is 2.29. The molecule has 3 aromatic carbocycles. The van der Waals surface area contributed by atoms with Crippen molar-refractivity contribution in [3.05, 3.63) is 88.4 Å². The van der Waals surface area contributed by atoms with Crippen LogP contribution >= 0.6 is 15.9 Å². The summed E-state index contributed by atoms with van der Waals surface area (Å²) in [6.07, 6.45) is 1.41. The van der Waals surface area contributed by atoms with Gasteiger partial charge in [0.15, 0.2) is 11.5 Å². The van der Waals surface area contributed by atoms with Gasteiger partial charge in [-0.05, 0) is 42.0 Å². The number of rotatable bonds is 10. The normalized spacial score (nSPS) is 11.5. The molecule has 0 aliphatic heterocycles. The van der Waals surface area contributed by atoms with E-state index in [0.29, 0.717) is 17.1 Å². The number of halogens is 1. The summed E-state index contributed by atoms with van der Waals surface area (Å²) < 4.78 is 39.1. The maximum atomic E-state index is 13.3. The first-order chi connectivity index (χ1) is 16.3. The van der Waals surface area contributed by atoms with E-state index in [2.05, 4.69) is 26.5 Å². The maximum absolute atomic E-state index is 13.3. The van der Waals surface area contributed by atoms with E-state index < -0.39 is 22.5 Å². The summed E-state index contributed by atoms with van der Waals surface area (Å²) in [7, 11) is -0.905. The van der Waals surface area contributed by atoms with Gasteiger partial charge >= 0.3 is 0 Å². The van der Waals surface area contributed by atoms with Crippen LogP contribution in [0.3, 0.4) is 0 Å². The number of hydrazone groups is 1. The van der Waals surface area contributed by atoms with Gasteiger partial charge in [0, 0.05) is 16.6 Å². The first kappa shape index (κ1) is 25.4. The summed E-state index contributed by atoms with van der Waals surface area (Å²) in [6, 6.07) is 20.5. The SMILES string of the molecule is COc1cccc(C=NNC(=O)CN(Cc2ccc(Br)cc2)S(=O)(=O)c2ccccc2)c1OC. The lowest BCUT2D eigenvalue weighted by Crippen LogP contribution is -2.39. The molecule has 1 N–H and O–H groups in total. The smallest absolute Gasteiger partial charge is 0.255 e. The molecule has 0 aliphatic carbocycles. The Bertz CT molecular complexity index is 1250. The molecule has 8 nitrogen and oxygen atoms in total. The van der Waals surface area contributed by atoms with Gasteiger partial charge in [-0.3, -0.25) is 4.79 Å². The Hall–Kier alpha value is -3.21. The molecule has 3 rings (SSSR count). The van der Waals surface area contributed by atoms with Crippen molar-refractivity contribution in [2.24, 2.45) is 5.10 Å². The van der Waals surface area contributed by atoms with Gasteiger partial charge in [-0.1, -0.05) is 52.3 Å². The Kier molecular flexibility index (Phi) is 8.80. The Balaban J connectivity index is 1.79. The van der Waals surface area contributed by atoms with E-state index in [-0.39, 0.29) is 11.4 Å². The molecule has 0 spiro atoms. The second-order valence-corrected chi connectivity index (χ2v) is 9.94. The molecule has 0 radical (unpaired) electrons. The number of methoxy groups -OCH3 is 2. The zero-order valence-electron chi connectivity index (χ0n) is 18.6. The first-order valence-electron chi connectivity index (χ1n) is 10.2. The van der Waals surface area contributed by atoms with Crippen molar-refractivity contribution in [1.82, 2.24) is 9.73 Å². The highest BCUT2D eigenvalue weighted by Gasteiger charge is 2.26. The fourth-order valence-electron chi connectivity index (χ4n) is 3.14. The molecule has 0 fully saturated rings. The van der Waals surface area contributed by atoms with Crippen LogP contribution in [0.15, 0.2) is 87.3 Å². The molecule has 0 unspecified atom stereocenters. The average molecular weight is 546 g/mol. The minimum atomic E-state index is -3.93. The van der Waals surface area contributed by atoms with E-state index in [9.17, 15) is 13.2 Å². The van der Waals surface area contributed by atoms with Crippen LogP contribution in [0.1, 0.15) is 11.1 Å². The van der Waals surface area contributed by atoms with E-state index in [1.807, 2.05) is 12.1 Å². The fourth-order valence-corrected chi connectivity index (χ4v) is 4.81. The summed E-state index contributed by atoms with van der Waals surface area (Å²) in [4.78, 5) is 12.8. The molecule has 0 saturated heterocycles. The number of amides is 1. The Labute approximate surface area is 207 Å². The minimum Gasteiger partial charge on any atom is -0.493 e. The van der Waals surface area contributed by atoms with Crippen LogP contribution in [0.2, 0.25) is 0 Å². The van der Waals surface area contributed by atoms with Gasteiger partial charge in [0.25, 0.3) is 5.91 Å². The predicted octanol–water partition coefficient (Wildman–Crippen LogP) is 3.81. The number of carbonyl (C=O) groups is 1. The second kappa shape index (κ2) is 11.8. The van der Waals surface area contributed by atoms with Gasteiger partial charge in [0.05, 0.1) is 31.9 Å². The molecule has 0 aliphatic rings. The third-order valence-corrected chi connectivity index (χ3v) is 7.13. The van der Waals surface area contributed by atoms with Crippen molar-refractivity contribution in [2.45, 2.75) is 11.4 Å². The Morgan fingerprint density at radius 2 is 1.71 bits per heavy atom. The Morgan fingerprint density at radius 3 is 2.35 bits per heavy atom. The van der Waals surface area contributed by atoms with Crippen LogP contribution in [0, 0.1) is 0 Å². The summed E-state index contributed by atoms with van der Waals surface area (Å²) >= 11 is 3.37. The van der Waals surface area contributed by atoms with E-state index in [0.717, 1.165) is 14.3 Å². The van der Waals surface area contributed by atoms with Crippen LogP contribution < -0.4 is 14.9 Å². The molecule has 0 saturated carbocycles. The fraction of sp³-hybridized carbons (Fsp3) is 0.167. The number of para-hydroxylation sites is 1. The lowest BCUT2D eigenvalue weighted by molar-refractivity contribution is -0.121. The molecule has 3 aromatic rings. The topological polar surface area (TPSA) is 97.3 Å². The van der Waals surface area contributed by atoms with Gasteiger partial charge in [-0.25, -0.2) is 13.8 Å². The van der Waals surface area contributed by atoms with E-state index in [4.69, 9.17) is 9.47 Å². The van der Waals surface area contributed by atoms with Gasteiger partial charge in [0.1, 0.15) is 0 Å². The molecule has 0 aromatic heterocycles. The lowest BCUT2D eigenvalue weighted by Gasteiger charge is -2.21.